The largest absolute Gasteiger partial charge is 0.494 e. The number of carbonyl (C=O) groups excluding carboxylic acids is 1. The number of rotatable bonds is 5. The maximum absolute atomic E-state index is 11.0. The van der Waals surface area contributed by atoms with Crippen molar-refractivity contribution in [2.24, 2.45) is 10.2 Å². The highest BCUT2D eigenvalue weighted by Gasteiger charge is 2.16. The van der Waals surface area contributed by atoms with Gasteiger partial charge in [0.05, 0.1) is 18.6 Å². The second kappa shape index (κ2) is 7.25. The minimum Gasteiger partial charge on any atom is -0.494 e. The van der Waals surface area contributed by atoms with Crippen LogP contribution in [0.2, 0.25) is 0 Å². The minimum absolute atomic E-state index is 0.0991. The quantitative estimate of drug-likeness (QED) is 0.380. The van der Waals surface area contributed by atoms with Gasteiger partial charge in [0, 0.05) is 0 Å². The molecule has 110 valence electrons. The van der Waals surface area contributed by atoms with Crippen LogP contribution in [0.25, 0.3) is 0 Å². The Kier molecular flexibility index (Phi) is 5.37. The number of hydrogen-bond acceptors (Lipinski definition) is 7. The molecule has 1 aliphatic heterocycles. The van der Waals surface area contributed by atoms with E-state index in [2.05, 4.69) is 15.5 Å². The van der Waals surface area contributed by atoms with Gasteiger partial charge in [0.25, 0.3) is 0 Å². The van der Waals surface area contributed by atoms with Gasteiger partial charge in [-0.15, -0.1) is 5.10 Å². The highest BCUT2D eigenvalue weighted by Crippen LogP contribution is 2.12. The Balaban J connectivity index is 2.16. The molecule has 0 aliphatic carbocycles. The van der Waals surface area contributed by atoms with Crippen LogP contribution in [0.15, 0.2) is 28.4 Å². The van der Waals surface area contributed by atoms with Crippen molar-refractivity contribution in [2.75, 3.05) is 12.4 Å². The standard InChI is InChI=1S/C12H14BN3O4S/c1-2-20-10-4-8(3-9(5-10)13(18)19)6-14-16-12-15-11(17)7-21-12/h3-6,18-19H,2,7H2,1H3,(H,15,16,17). The predicted molar refractivity (Wildman–Crippen MR) is 83.1 cm³/mol. The van der Waals surface area contributed by atoms with Crippen LogP contribution >= 0.6 is 11.8 Å². The zero-order valence-electron chi connectivity index (χ0n) is 11.3. The van der Waals surface area contributed by atoms with Crippen LogP contribution in [0, 0.1) is 0 Å². The lowest BCUT2D eigenvalue weighted by atomic mass is 9.79. The van der Waals surface area contributed by atoms with E-state index < -0.39 is 7.12 Å². The van der Waals surface area contributed by atoms with E-state index in [1.807, 2.05) is 6.92 Å². The number of benzene rings is 1. The second-order valence-electron chi connectivity index (χ2n) is 4.13. The summed E-state index contributed by atoms with van der Waals surface area (Å²) in [7, 11) is -1.59. The molecule has 0 bridgehead atoms. The van der Waals surface area contributed by atoms with E-state index in [4.69, 9.17) is 4.74 Å². The second-order valence-corrected chi connectivity index (χ2v) is 5.09. The summed E-state index contributed by atoms with van der Waals surface area (Å²) in [5.74, 6) is 0.758. The minimum atomic E-state index is -1.59. The molecule has 1 heterocycles. The Hall–Kier alpha value is -1.84. The molecule has 7 nitrogen and oxygen atoms in total. The molecule has 0 aromatic heterocycles. The summed E-state index contributed by atoms with van der Waals surface area (Å²) < 4.78 is 5.35. The molecule has 1 amide bonds. The summed E-state index contributed by atoms with van der Waals surface area (Å²) in [4.78, 5) is 11.0. The topological polar surface area (TPSA) is 104 Å². The molecule has 1 saturated heterocycles. The molecule has 0 atom stereocenters. The number of hydrogen-bond donors (Lipinski definition) is 3. The first-order valence-corrected chi connectivity index (χ1v) is 7.24. The van der Waals surface area contributed by atoms with Crippen LogP contribution < -0.4 is 15.5 Å². The molecule has 0 unspecified atom stereocenters. The van der Waals surface area contributed by atoms with E-state index >= 15 is 0 Å². The third-order valence-electron chi connectivity index (χ3n) is 2.50. The summed E-state index contributed by atoms with van der Waals surface area (Å²) in [6.07, 6.45) is 1.45. The van der Waals surface area contributed by atoms with Gasteiger partial charge in [-0.2, -0.15) is 5.10 Å². The SMILES string of the molecule is CCOc1cc(C=NN=C2NC(=O)CS2)cc(B(O)O)c1. The number of nitrogens with zero attached hydrogens (tertiary/aromatic N) is 2. The number of amides is 1. The lowest BCUT2D eigenvalue weighted by Gasteiger charge is -2.07. The van der Waals surface area contributed by atoms with E-state index in [1.165, 1.54) is 18.0 Å². The van der Waals surface area contributed by atoms with Crippen LogP contribution in [-0.4, -0.2) is 46.8 Å². The molecule has 0 radical (unpaired) electrons. The van der Waals surface area contributed by atoms with Crippen LogP contribution in [0.5, 0.6) is 5.75 Å². The van der Waals surface area contributed by atoms with Crippen molar-refractivity contribution >= 4 is 41.6 Å². The summed E-state index contributed by atoms with van der Waals surface area (Å²) in [5.41, 5.74) is 0.918. The van der Waals surface area contributed by atoms with E-state index in [0.29, 0.717) is 34.3 Å². The average Bonchev–Trinajstić information content (AvgIpc) is 2.84. The van der Waals surface area contributed by atoms with Crippen molar-refractivity contribution in [3.8, 4) is 5.75 Å². The number of ether oxygens (including phenoxy) is 1. The first-order valence-electron chi connectivity index (χ1n) is 6.26. The third-order valence-corrected chi connectivity index (χ3v) is 3.37. The molecule has 9 heteroatoms. The maximum Gasteiger partial charge on any atom is 0.488 e. The number of carbonyl (C=O) groups is 1. The monoisotopic (exact) mass is 307 g/mol. The van der Waals surface area contributed by atoms with Gasteiger partial charge in [0.1, 0.15) is 5.75 Å². The van der Waals surface area contributed by atoms with Crippen molar-refractivity contribution in [3.05, 3.63) is 23.8 Å². The van der Waals surface area contributed by atoms with Gasteiger partial charge in [-0.05, 0) is 30.1 Å². The highest BCUT2D eigenvalue weighted by molar-refractivity contribution is 8.15. The van der Waals surface area contributed by atoms with Crippen molar-refractivity contribution in [2.45, 2.75) is 6.92 Å². The third kappa shape index (κ3) is 4.59. The molecular formula is C12H14BN3O4S. The summed E-state index contributed by atoms with van der Waals surface area (Å²) in [6, 6.07) is 4.82. The lowest BCUT2D eigenvalue weighted by Crippen LogP contribution is -2.30. The van der Waals surface area contributed by atoms with Crippen molar-refractivity contribution in [3.63, 3.8) is 0 Å². The number of nitrogens with one attached hydrogen (secondary N) is 1. The fourth-order valence-electron chi connectivity index (χ4n) is 1.65. The Bertz CT molecular complexity index is 592. The molecule has 0 spiro atoms. The van der Waals surface area contributed by atoms with Crippen molar-refractivity contribution in [1.82, 2.24) is 5.32 Å². The Labute approximate surface area is 126 Å². The van der Waals surface area contributed by atoms with Gasteiger partial charge in [-0.25, -0.2) is 0 Å². The first kappa shape index (κ1) is 15.6. The number of amidine groups is 1. The average molecular weight is 307 g/mol. The molecule has 0 saturated carbocycles. The predicted octanol–water partition coefficient (Wildman–Crippen LogP) is -0.682. The zero-order chi connectivity index (χ0) is 15.2. The van der Waals surface area contributed by atoms with Gasteiger partial charge in [-0.3, -0.25) is 4.79 Å². The summed E-state index contributed by atoms with van der Waals surface area (Å²) >= 11 is 1.28. The molecule has 1 fully saturated rings. The first-order chi connectivity index (χ1) is 10.1. The summed E-state index contributed by atoms with van der Waals surface area (Å²) in [6.45, 7) is 2.30. The zero-order valence-corrected chi connectivity index (χ0v) is 12.1. The van der Waals surface area contributed by atoms with Gasteiger partial charge < -0.3 is 20.1 Å². The fourth-order valence-corrected chi connectivity index (χ4v) is 2.28. The van der Waals surface area contributed by atoms with Crippen molar-refractivity contribution < 1.29 is 19.6 Å². The Morgan fingerprint density at radius 1 is 1.48 bits per heavy atom. The molecular weight excluding hydrogens is 293 g/mol. The van der Waals surface area contributed by atoms with Gasteiger partial charge in [0.2, 0.25) is 5.91 Å². The summed E-state index contributed by atoms with van der Waals surface area (Å²) in [5, 5.41) is 29.2. The molecule has 1 aliphatic rings. The molecule has 2 rings (SSSR count). The van der Waals surface area contributed by atoms with E-state index in [0.717, 1.165) is 0 Å². The molecule has 1 aromatic carbocycles. The normalized spacial score (nSPS) is 16.5. The Morgan fingerprint density at radius 2 is 2.29 bits per heavy atom. The molecule has 1 aromatic rings. The highest BCUT2D eigenvalue weighted by atomic mass is 32.2. The van der Waals surface area contributed by atoms with Crippen LogP contribution in [0.1, 0.15) is 12.5 Å². The smallest absolute Gasteiger partial charge is 0.488 e. The van der Waals surface area contributed by atoms with Crippen molar-refractivity contribution in [1.29, 1.82) is 0 Å². The van der Waals surface area contributed by atoms with Crippen LogP contribution in [0.4, 0.5) is 0 Å². The van der Waals surface area contributed by atoms with Crippen LogP contribution in [0.3, 0.4) is 0 Å². The van der Waals surface area contributed by atoms with E-state index in [-0.39, 0.29) is 5.91 Å². The Morgan fingerprint density at radius 3 is 2.90 bits per heavy atom. The van der Waals surface area contributed by atoms with Gasteiger partial charge in [0.15, 0.2) is 5.17 Å². The number of thioether (sulfide) groups is 1. The molecule has 21 heavy (non-hydrogen) atoms. The van der Waals surface area contributed by atoms with Gasteiger partial charge >= 0.3 is 7.12 Å². The molecule has 3 N–H and O–H groups in total. The fraction of sp³-hybridized carbons (Fsp3) is 0.250. The van der Waals surface area contributed by atoms with Crippen LogP contribution in [-0.2, 0) is 4.79 Å². The lowest BCUT2D eigenvalue weighted by molar-refractivity contribution is -0.116. The van der Waals surface area contributed by atoms with Gasteiger partial charge in [-0.1, -0.05) is 17.8 Å². The van der Waals surface area contributed by atoms with E-state index in [1.54, 1.807) is 18.2 Å². The maximum atomic E-state index is 11.0. The van der Waals surface area contributed by atoms with E-state index in [9.17, 15) is 14.8 Å².